The Morgan fingerprint density at radius 3 is 2.48 bits per heavy atom. The third-order valence-corrected chi connectivity index (χ3v) is 9.59. The topological polar surface area (TPSA) is 81.5 Å². The lowest BCUT2D eigenvalue weighted by molar-refractivity contribution is 0.0738. The minimum absolute atomic E-state index is 0.00373. The number of sulfone groups is 1. The number of ether oxygens (including phenoxy) is 1. The van der Waals surface area contributed by atoms with Crippen LogP contribution in [0, 0.1) is 6.92 Å². The van der Waals surface area contributed by atoms with Crippen LogP contribution in [0.5, 0.6) is 5.75 Å². The normalized spacial score (nSPS) is 19.6. The van der Waals surface area contributed by atoms with E-state index in [0.717, 1.165) is 39.3 Å². The highest BCUT2D eigenvalue weighted by molar-refractivity contribution is 7.91. The monoisotopic (exact) mass is 555 g/mol. The molecule has 0 bridgehead atoms. The molecule has 6 rings (SSSR count). The van der Waals surface area contributed by atoms with Crippen molar-refractivity contribution >= 4 is 15.7 Å². The minimum atomic E-state index is -3.18. The van der Waals surface area contributed by atoms with E-state index in [1.165, 1.54) is 0 Å². The van der Waals surface area contributed by atoms with E-state index in [1.54, 1.807) is 4.68 Å². The molecule has 2 atom stereocenters. The number of carbonyl (C=O) groups is 1. The van der Waals surface area contributed by atoms with Gasteiger partial charge in [0.05, 0.1) is 35.9 Å². The van der Waals surface area contributed by atoms with Gasteiger partial charge < -0.3 is 9.64 Å². The molecule has 3 aromatic carbocycles. The van der Waals surface area contributed by atoms with E-state index in [9.17, 15) is 13.2 Å². The molecule has 0 saturated carbocycles. The molecule has 1 aromatic heterocycles. The molecular formula is C32H33N3O4S. The highest BCUT2D eigenvalue weighted by Gasteiger charge is 2.46. The van der Waals surface area contributed by atoms with Crippen molar-refractivity contribution in [2.24, 2.45) is 0 Å². The van der Waals surface area contributed by atoms with Gasteiger partial charge in [-0.25, -0.2) is 8.42 Å². The lowest BCUT2D eigenvalue weighted by atomic mass is 9.95. The fourth-order valence-corrected chi connectivity index (χ4v) is 7.59. The average Bonchev–Trinajstić information content (AvgIpc) is 3.60. The lowest BCUT2D eigenvalue weighted by Crippen LogP contribution is -2.33. The number of rotatable bonds is 8. The van der Waals surface area contributed by atoms with Crippen molar-refractivity contribution < 1.29 is 17.9 Å². The van der Waals surface area contributed by atoms with Gasteiger partial charge in [0.1, 0.15) is 11.4 Å². The molecule has 4 aromatic rings. The summed E-state index contributed by atoms with van der Waals surface area (Å²) in [5, 5.41) is 4.99. The van der Waals surface area contributed by atoms with Crippen LogP contribution in [0.25, 0.3) is 11.3 Å². The molecule has 0 radical (unpaired) electrons. The first-order chi connectivity index (χ1) is 19.3. The molecule has 8 heteroatoms. The van der Waals surface area contributed by atoms with Gasteiger partial charge in [0.15, 0.2) is 9.84 Å². The number of carbonyl (C=O) groups excluding carboxylic acids is 1. The second-order valence-electron chi connectivity index (χ2n) is 10.6. The van der Waals surface area contributed by atoms with Crippen molar-refractivity contribution in [3.05, 3.63) is 107 Å². The average molecular weight is 556 g/mol. The Kier molecular flexibility index (Phi) is 6.96. The molecule has 0 N–H and O–H groups in total. The second-order valence-corrected chi connectivity index (χ2v) is 12.8. The number of aryl methyl sites for hydroxylation is 1. The van der Waals surface area contributed by atoms with Crippen LogP contribution in [0.4, 0.5) is 0 Å². The van der Waals surface area contributed by atoms with Gasteiger partial charge in [-0.2, -0.15) is 5.10 Å². The summed E-state index contributed by atoms with van der Waals surface area (Å²) in [6.07, 6.45) is 1.15. The van der Waals surface area contributed by atoms with Crippen LogP contribution in [0.2, 0.25) is 0 Å². The van der Waals surface area contributed by atoms with E-state index in [2.05, 4.69) is 12.1 Å². The lowest BCUT2D eigenvalue weighted by Gasteiger charge is -2.27. The van der Waals surface area contributed by atoms with Gasteiger partial charge in [-0.1, -0.05) is 72.3 Å². The van der Waals surface area contributed by atoms with Crippen LogP contribution in [-0.2, 0) is 16.3 Å². The predicted molar refractivity (Wildman–Crippen MR) is 155 cm³/mol. The molecule has 1 fully saturated rings. The molecular weight excluding hydrogens is 522 g/mol. The van der Waals surface area contributed by atoms with Crippen molar-refractivity contribution in [3.63, 3.8) is 0 Å². The van der Waals surface area contributed by atoms with Crippen molar-refractivity contribution in [2.75, 3.05) is 24.7 Å². The van der Waals surface area contributed by atoms with Crippen LogP contribution < -0.4 is 4.74 Å². The summed E-state index contributed by atoms with van der Waals surface area (Å²) in [6, 6.07) is 25.4. The van der Waals surface area contributed by atoms with E-state index >= 15 is 0 Å². The molecule has 3 heterocycles. The summed E-state index contributed by atoms with van der Waals surface area (Å²) in [5.41, 5.74) is 6.18. The number of hydrogen-bond donors (Lipinski definition) is 0. The van der Waals surface area contributed by atoms with E-state index < -0.39 is 9.84 Å². The fourth-order valence-electron chi connectivity index (χ4n) is 5.90. The molecule has 40 heavy (non-hydrogen) atoms. The first-order valence-electron chi connectivity index (χ1n) is 13.8. The maximum atomic E-state index is 14.3. The zero-order valence-corrected chi connectivity index (χ0v) is 23.6. The number of benzene rings is 3. The molecule has 1 amide bonds. The van der Waals surface area contributed by atoms with Gasteiger partial charge in [-0.15, -0.1) is 0 Å². The molecule has 0 spiro atoms. The number of fused-ring (bicyclic) bond motifs is 1. The molecule has 2 aliphatic heterocycles. The SMILES string of the molecule is CCOc1cccc([C@H]2c3c(-c4ccc(C)cc4)nn([C@@H]4CCS(=O)(=O)C4)c3C(=O)N2CCc2ccccc2)c1. The fraction of sp³-hybridized carbons (Fsp3) is 0.312. The van der Waals surface area contributed by atoms with Gasteiger partial charge in [-0.05, 0) is 49.9 Å². The summed E-state index contributed by atoms with van der Waals surface area (Å²) >= 11 is 0. The number of hydrogen-bond acceptors (Lipinski definition) is 5. The molecule has 1 saturated heterocycles. The highest BCUT2D eigenvalue weighted by atomic mass is 32.2. The molecule has 2 aliphatic rings. The van der Waals surface area contributed by atoms with Crippen molar-refractivity contribution in [1.82, 2.24) is 14.7 Å². The van der Waals surface area contributed by atoms with E-state index in [1.807, 2.05) is 85.5 Å². The zero-order chi connectivity index (χ0) is 27.9. The Morgan fingerprint density at radius 1 is 1.00 bits per heavy atom. The zero-order valence-electron chi connectivity index (χ0n) is 22.8. The first kappa shape index (κ1) is 26.3. The highest BCUT2D eigenvalue weighted by Crippen LogP contribution is 2.46. The molecule has 0 unspecified atom stereocenters. The first-order valence-corrected chi connectivity index (χ1v) is 15.6. The minimum Gasteiger partial charge on any atom is -0.494 e. The third-order valence-electron chi connectivity index (χ3n) is 7.84. The molecule has 206 valence electrons. The van der Waals surface area contributed by atoms with Gasteiger partial charge in [-0.3, -0.25) is 9.48 Å². The van der Waals surface area contributed by atoms with Crippen molar-refractivity contribution in [3.8, 4) is 17.0 Å². The van der Waals surface area contributed by atoms with Crippen LogP contribution in [0.3, 0.4) is 0 Å². The molecule has 7 nitrogen and oxygen atoms in total. The number of amides is 1. The van der Waals surface area contributed by atoms with Crippen LogP contribution in [0.15, 0.2) is 78.9 Å². The molecule has 0 aliphatic carbocycles. The van der Waals surface area contributed by atoms with E-state index in [-0.39, 0.29) is 29.5 Å². The largest absolute Gasteiger partial charge is 0.494 e. The van der Waals surface area contributed by atoms with Gasteiger partial charge >= 0.3 is 0 Å². The van der Waals surface area contributed by atoms with Gasteiger partial charge in [0.2, 0.25) is 0 Å². The Morgan fingerprint density at radius 2 is 1.77 bits per heavy atom. The predicted octanol–water partition coefficient (Wildman–Crippen LogP) is 5.40. The van der Waals surface area contributed by atoms with Crippen molar-refractivity contribution in [2.45, 2.75) is 38.8 Å². The van der Waals surface area contributed by atoms with Crippen LogP contribution in [0.1, 0.15) is 58.2 Å². The van der Waals surface area contributed by atoms with Crippen molar-refractivity contribution in [1.29, 1.82) is 0 Å². The van der Waals surface area contributed by atoms with Crippen LogP contribution >= 0.6 is 0 Å². The number of nitrogens with zero attached hydrogens (tertiary/aromatic N) is 3. The second kappa shape index (κ2) is 10.6. The number of aromatic nitrogens is 2. The summed E-state index contributed by atoms with van der Waals surface area (Å²) in [6.45, 7) is 5.04. The van der Waals surface area contributed by atoms with Gasteiger partial charge in [0, 0.05) is 17.7 Å². The maximum Gasteiger partial charge on any atom is 0.273 e. The quantitative estimate of drug-likeness (QED) is 0.291. The summed E-state index contributed by atoms with van der Waals surface area (Å²) in [5.74, 6) is 0.733. The Labute approximate surface area is 235 Å². The summed E-state index contributed by atoms with van der Waals surface area (Å²) < 4.78 is 32.5. The van der Waals surface area contributed by atoms with Gasteiger partial charge in [0.25, 0.3) is 5.91 Å². The summed E-state index contributed by atoms with van der Waals surface area (Å²) in [4.78, 5) is 16.3. The third kappa shape index (κ3) is 4.92. The summed E-state index contributed by atoms with van der Waals surface area (Å²) in [7, 11) is -3.18. The smallest absolute Gasteiger partial charge is 0.273 e. The maximum absolute atomic E-state index is 14.3. The van der Waals surface area contributed by atoms with E-state index in [0.29, 0.717) is 31.7 Å². The van der Waals surface area contributed by atoms with E-state index in [4.69, 9.17) is 9.84 Å². The Balaban J connectivity index is 1.52. The van der Waals surface area contributed by atoms with Crippen LogP contribution in [-0.4, -0.2) is 53.7 Å². The Bertz CT molecular complexity index is 1650. The standard InChI is InChI=1S/C32H33N3O4S/c1-3-39-27-11-7-10-25(20-27)30-28-29(24-14-12-22(2)13-15-24)33-35(26-17-19-40(37,38)21-26)31(28)32(36)34(30)18-16-23-8-5-4-6-9-23/h4-15,20,26,30H,3,16-19,21H2,1-2H3/t26-,30+/m1/s1. The Hall–Kier alpha value is -3.91.